The first-order valence-corrected chi connectivity index (χ1v) is 7.07. The molecule has 6 heteroatoms. The van der Waals surface area contributed by atoms with Crippen LogP contribution in [0.3, 0.4) is 0 Å². The number of urea groups is 1. The summed E-state index contributed by atoms with van der Waals surface area (Å²) in [5.41, 5.74) is 5.16. The number of carbonyl (C=O) groups is 1. The zero-order chi connectivity index (χ0) is 14.3. The summed E-state index contributed by atoms with van der Waals surface area (Å²) in [7, 11) is 1.73. The fourth-order valence-corrected chi connectivity index (χ4v) is 2.49. The summed E-state index contributed by atoms with van der Waals surface area (Å²) >= 11 is 0. The Bertz CT molecular complexity index is 323. The topological polar surface area (TPSA) is 91.0 Å². The average molecular weight is 270 g/mol. The lowest BCUT2D eigenvalue weighted by atomic mass is 9.83. The molecule has 0 saturated heterocycles. The second kappa shape index (κ2) is 7.21. The molecule has 0 spiro atoms. The molecule has 6 nitrogen and oxygen atoms in total. The van der Waals surface area contributed by atoms with E-state index in [1.54, 1.807) is 11.9 Å². The maximum atomic E-state index is 12.1. The van der Waals surface area contributed by atoms with Crippen LogP contribution in [-0.4, -0.2) is 41.1 Å². The van der Waals surface area contributed by atoms with E-state index in [2.05, 4.69) is 10.5 Å². The molecular formula is C13H26N4O2. The minimum Gasteiger partial charge on any atom is -0.409 e. The number of nitrogens with zero attached hydrogens (tertiary/aromatic N) is 2. The van der Waals surface area contributed by atoms with E-state index in [0.717, 1.165) is 38.5 Å². The van der Waals surface area contributed by atoms with Crippen molar-refractivity contribution in [1.29, 1.82) is 0 Å². The molecule has 0 unspecified atom stereocenters. The first kappa shape index (κ1) is 15.6. The summed E-state index contributed by atoms with van der Waals surface area (Å²) in [6, 6.07) is -0.172. The minimum atomic E-state index is -0.699. The molecule has 1 rings (SSSR count). The van der Waals surface area contributed by atoms with E-state index >= 15 is 0 Å². The standard InChI is InChI=1S/C13H26N4O2/c1-3-17(2)12(18)15-13(11(14)16-19)9-7-5-4-6-8-10-13/h19H,3-10H2,1-2H3,(H2,14,16)(H,15,18). The largest absolute Gasteiger partial charge is 0.409 e. The zero-order valence-electron chi connectivity index (χ0n) is 12.0. The van der Waals surface area contributed by atoms with Crippen LogP contribution in [0, 0.1) is 0 Å². The summed E-state index contributed by atoms with van der Waals surface area (Å²) in [5, 5.41) is 15.1. The average Bonchev–Trinajstić information content (AvgIpc) is 2.39. The summed E-state index contributed by atoms with van der Waals surface area (Å²) in [4.78, 5) is 13.7. The summed E-state index contributed by atoms with van der Waals surface area (Å²) in [5.74, 6) is 0.118. The Morgan fingerprint density at radius 3 is 2.32 bits per heavy atom. The van der Waals surface area contributed by atoms with Gasteiger partial charge in [0.1, 0.15) is 5.54 Å². The van der Waals surface area contributed by atoms with Gasteiger partial charge in [0, 0.05) is 13.6 Å². The molecule has 19 heavy (non-hydrogen) atoms. The predicted molar refractivity (Wildman–Crippen MR) is 75.3 cm³/mol. The van der Waals surface area contributed by atoms with Gasteiger partial charge in [0.2, 0.25) is 0 Å². The molecule has 0 aliphatic heterocycles. The van der Waals surface area contributed by atoms with Gasteiger partial charge in [-0.1, -0.05) is 37.3 Å². The van der Waals surface area contributed by atoms with Crippen molar-refractivity contribution in [3.8, 4) is 0 Å². The molecule has 1 aliphatic rings. The molecule has 1 saturated carbocycles. The Morgan fingerprint density at radius 1 is 1.32 bits per heavy atom. The van der Waals surface area contributed by atoms with Crippen LogP contribution in [0.1, 0.15) is 51.9 Å². The van der Waals surface area contributed by atoms with E-state index in [-0.39, 0.29) is 11.9 Å². The quantitative estimate of drug-likeness (QED) is 0.316. The van der Waals surface area contributed by atoms with Crippen LogP contribution < -0.4 is 11.1 Å². The van der Waals surface area contributed by atoms with E-state index in [9.17, 15) is 4.79 Å². The van der Waals surface area contributed by atoms with Crippen LogP contribution in [-0.2, 0) is 0 Å². The smallest absolute Gasteiger partial charge is 0.317 e. The van der Waals surface area contributed by atoms with Gasteiger partial charge >= 0.3 is 6.03 Å². The SMILES string of the molecule is CCN(C)C(=O)NC1(C(N)=NO)CCCCCCC1. The summed E-state index contributed by atoms with van der Waals surface area (Å²) in [6.45, 7) is 2.53. The number of oxime groups is 1. The lowest BCUT2D eigenvalue weighted by Crippen LogP contribution is -2.60. The van der Waals surface area contributed by atoms with Crippen LogP contribution in [0.25, 0.3) is 0 Å². The number of hydrogen-bond acceptors (Lipinski definition) is 3. The number of nitrogens with two attached hydrogens (primary N) is 1. The Hall–Kier alpha value is -1.46. The van der Waals surface area contributed by atoms with Gasteiger partial charge in [-0.05, 0) is 19.8 Å². The number of carbonyl (C=O) groups excluding carboxylic acids is 1. The van der Waals surface area contributed by atoms with Gasteiger partial charge in [0.25, 0.3) is 0 Å². The lowest BCUT2D eigenvalue weighted by molar-refractivity contribution is 0.196. The highest BCUT2D eigenvalue weighted by atomic mass is 16.4. The number of hydrogen-bond donors (Lipinski definition) is 3. The lowest BCUT2D eigenvalue weighted by Gasteiger charge is -2.36. The molecular weight excluding hydrogens is 244 g/mol. The van der Waals surface area contributed by atoms with Crippen LogP contribution >= 0.6 is 0 Å². The third-order valence-electron chi connectivity index (χ3n) is 3.97. The molecule has 2 amide bonds. The van der Waals surface area contributed by atoms with Gasteiger partial charge in [0.05, 0.1) is 0 Å². The molecule has 0 radical (unpaired) electrons. The highest BCUT2D eigenvalue weighted by molar-refractivity contribution is 5.93. The Morgan fingerprint density at radius 2 is 1.84 bits per heavy atom. The van der Waals surface area contributed by atoms with E-state index in [4.69, 9.17) is 10.9 Å². The molecule has 110 valence electrons. The maximum absolute atomic E-state index is 12.1. The van der Waals surface area contributed by atoms with Gasteiger partial charge in [-0.25, -0.2) is 4.79 Å². The van der Waals surface area contributed by atoms with E-state index in [1.807, 2.05) is 6.92 Å². The van der Waals surface area contributed by atoms with Gasteiger partial charge in [-0.15, -0.1) is 0 Å². The van der Waals surface area contributed by atoms with Crippen molar-refractivity contribution >= 4 is 11.9 Å². The highest BCUT2D eigenvalue weighted by Crippen LogP contribution is 2.27. The fourth-order valence-electron chi connectivity index (χ4n) is 2.49. The molecule has 1 fully saturated rings. The van der Waals surface area contributed by atoms with Crippen molar-refractivity contribution in [2.24, 2.45) is 10.9 Å². The number of rotatable bonds is 3. The van der Waals surface area contributed by atoms with Gasteiger partial charge in [-0.3, -0.25) is 0 Å². The first-order chi connectivity index (χ1) is 9.05. The van der Waals surface area contributed by atoms with Crippen molar-refractivity contribution in [2.45, 2.75) is 57.4 Å². The third-order valence-corrected chi connectivity index (χ3v) is 3.97. The number of nitrogens with one attached hydrogen (secondary N) is 1. The number of amidine groups is 1. The van der Waals surface area contributed by atoms with E-state index < -0.39 is 5.54 Å². The second-order valence-corrected chi connectivity index (χ2v) is 5.28. The van der Waals surface area contributed by atoms with Crippen molar-refractivity contribution in [1.82, 2.24) is 10.2 Å². The second-order valence-electron chi connectivity index (χ2n) is 5.28. The highest BCUT2D eigenvalue weighted by Gasteiger charge is 2.37. The minimum absolute atomic E-state index is 0.118. The monoisotopic (exact) mass is 270 g/mol. The van der Waals surface area contributed by atoms with Crippen molar-refractivity contribution < 1.29 is 10.0 Å². The molecule has 0 atom stereocenters. The van der Waals surface area contributed by atoms with Crippen LogP contribution in [0.15, 0.2) is 5.16 Å². The Kier molecular flexibility index (Phi) is 5.92. The normalized spacial score (nSPS) is 20.2. The molecule has 0 aromatic heterocycles. The van der Waals surface area contributed by atoms with E-state index in [1.165, 1.54) is 6.42 Å². The molecule has 4 N–H and O–H groups in total. The van der Waals surface area contributed by atoms with Gasteiger partial charge in [0.15, 0.2) is 5.84 Å². The Labute approximate surface area is 115 Å². The summed E-state index contributed by atoms with van der Waals surface area (Å²) < 4.78 is 0. The van der Waals surface area contributed by atoms with Crippen molar-refractivity contribution in [3.05, 3.63) is 0 Å². The van der Waals surface area contributed by atoms with Crippen molar-refractivity contribution in [3.63, 3.8) is 0 Å². The molecule has 0 aromatic rings. The summed E-state index contributed by atoms with van der Waals surface area (Å²) in [6.07, 6.45) is 6.88. The zero-order valence-corrected chi connectivity index (χ0v) is 12.0. The van der Waals surface area contributed by atoms with Crippen LogP contribution in [0.2, 0.25) is 0 Å². The first-order valence-electron chi connectivity index (χ1n) is 7.07. The van der Waals surface area contributed by atoms with Crippen LogP contribution in [0.4, 0.5) is 4.79 Å². The third kappa shape index (κ3) is 4.01. The molecule has 1 aliphatic carbocycles. The fraction of sp³-hybridized carbons (Fsp3) is 0.846. The van der Waals surface area contributed by atoms with Gasteiger partial charge in [-0.2, -0.15) is 0 Å². The molecule has 0 bridgehead atoms. The molecule has 0 aromatic carbocycles. The molecule has 0 heterocycles. The van der Waals surface area contributed by atoms with Crippen LogP contribution in [0.5, 0.6) is 0 Å². The Balaban J connectivity index is 2.88. The van der Waals surface area contributed by atoms with E-state index in [0.29, 0.717) is 6.54 Å². The number of amides is 2. The maximum Gasteiger partial charge on any atom is 0.317 e. The van der Waals surface area contributed by atoms with Gasteiger partial charge < -0.3 is 21.2 Å². The predicted octanol–water partition coefficient (Wildman–Crippen LogP) is 1.88. The van der Waals surface area contributed by atoms with Crippen molar-refractivity contribution in [2.75, 3.05) is 13.6 Å².